The number of hydrogen-bond acceptors (Lipinski definition) is 3. The normalized spacial score (nSPS) is 26.6. The van der Waals surface area contributed by atoms with Crippen molar-refractivity contribution in [2.75, 3.05) is 26.7 Å². The minimum atomic E-state index is 0.184. The molecule has 2 aliphatic heterocycles. The molecular weight excluding hydrogens is 240 g/mol. The van der Waals surface area contributed by atoms with Crippen LogP contribution in [0.4, 0.5) is 0 Å². The predicted octanol–water partition coefficient (Wildman–Crippen LogP) is 1.79. The maximum absolute atomic E-state index is 12.4. The Balaban J connectivity index is 1.85. The second kappa shape index (κ2) is 7.25. The molecule has 1 amide bonds. The first kappa shape index (κ1) is 14.8. The van der Waals surface area contributed by atoms with Crippen LogP contribution in [0.5, 0.6) is 0 Å². The number of carbonyl (C=O) groups is 1. The molecule has 0 radical (unpaired) electrons. The highest BCUT2D eigenvalue weighted by atomic mass is 16.5. The van der Waals surface area contributed by atoms with Gasteiger partial charge < -0.3 is 15.0 Å². The third kappa shape index (κ3) is 3.93. The summed E-state index contributed by atoms with van der Waals surface area (Å²) in [5.41, 5.74) is 0. The molecule has 19 heavy (non-hydrogen) atoms. The molecule has 2 rings (SSSR count). The number of nitrogens with one attached hydrogen (secondary N) is 1. The fourth-order valence-corrected chi connectivity index (χ4v) is 3.41. The van der Waals surface area contributed by atoms with Crippen molar-refractivity contribution in [1.29, 1.82) is 0 Å². The molecule has 2 heterocycles. The second-order valence-electron chi connectivity index (χ2n) is 5.97. The van der Waals surface area contributed by atoms with E-state index < -0.39 is 0 Å². The summed E-state index contributed by atoms with van der Waals surface area (Å²) in [6.07, 6.45) is 6.49. The molecule has 0 aromatic heterocycles. The number of nitrogens with zero attached hydrogens (tertiary/aromatic N) is 1. The Kier molecular flexibility index (Phi) is 5.64. The fraction of sp³-hybridized carbons (Fsp3) is 0.933. The van der Waals surface area contributed by atoms with Crippen LogP contribution < -0.4 is 5.32 Å². The van der Waals surface area contributed by atoms with Crippen molar-refractivity contribution in [3.63, 3.8) is 0 Å². The van der Waals surface area contributed by atoms with E-state index in [4.69, 9.17) is 4.74 Å². The first-order valence-electron chi connectivity index (χ1n) is 7.75. The van der Waals surface area contributed by atoms with Crippen LogP contribution in [0.3, 0.4) is 0 Å². The Morgan fingerprint density at radius 1 is 1.37 bits per heavy atom. The predicted molar refractivity (Wildman–Crippen MR) is 76.0 cm³/mol. The highest BCUT2D eigenvalue weighted by Crippen LogP contribution is 2.30. The van der Waals surface area contributed by atoms with Gasteiger partial charge in [0.05, 0.1) is 6.10 Å². The summed E-state index contributed by atoms with van der Waals surface area (Å²) in [7, 11) is 1.71. The van der Waals surface area contributed by atoms with E-state index in [1.807, 2.05) is 6.92 Å². The zero-order valence-electron chi connectivity index (χ0n) is 12.4. The lowest BCUT2D eigenvalue weighted by molar-refractivity contribution is -0.133. The van der Waals surface area contributed by atoms with Gasteiger partial charge in [-0.1, -0.05) is 0 Å². The Morgan fingerprint density at radius 3 is 2.79 bits per heavy atom. The van der Waals surface area contributed by atoms with Gasteiger partial charge in [0.15, 0.2) is 0 Å². The molecule has 2 aliphatic rings. The number of carbonyl (C=O) groups excluding carboxylic acids is 1. The Labute approximate surface area is 116 Å². The lowest BCUT2D eigenvalue weighted by Gasteiger charge is -2.34. The third-order valence-corrected chi connectivity index (χ3v) is 4.71. The summed E-state index contributed by atoms with van der Waals surface area (Å²) in [5, 5.41) is 3.41. The summed E-state index contributed by atoms with van der Waals surface area (Å²) in [4.78, 5) is 14.5. The quantitative estimate of drug-likeness (QED) is 0.826. The van der Waals surface area contributed by atoms with Crippen LogP contribution in [0, 0.1) is 5.92 Å². The average molecular weight is 268 g/mol. The minimum absolute atomic E-state index is 0.184. The number of rotatable bonds is 5. The summed E-state index contributed by atoms with van der Waals surface area (Å²) in [6.45, 7) is 5.23. The molecule has 0 aromatic carbocycles. The molecule has 4 nitrogen and oxygen atoms in total. The van der Waals surface area contributed by atoms with Crippen LogP contribution >= 0.6 is 0 Å². The number of ether oxygens (including phenoxy) is 1. The number of methoxy groups -OCH3 is 1. The molecular formula is C15H28N2O2. The largest absolute Gasteiger partial charge is 0.382 e. The molecule has 2 fully saturated rings. The highest BCUT2D eigenvalue weighted by molar-refractivity contribution is 5.76. The van der Waals surface area contributed by atoms with Crippen LogP contribution in [-0.4, -0.2) is 49.7 Å². The van der Waals surface area contributed by atoms with E-state index in [-0.39, 0.29) is 6.10 Å². The van der Waals surface area contributed by atoms with Crippen LogP contribution in [0.2, 0.25) is 0 Å². The van der Waals surface area contributed by atoms with Crippen LogP contribution in [0.15, 0.2) is 0 Å². The molecule has 2 unspecified atom stereocenters. The van der Waals surface area contributed by atoms with Crippen molar-refractivity contribution in [2.45, 2.75) is 57.6 Å². The Hall–Kier alpha value is -0.610. The van der Waals surface area contributed by atoms with Gasteiger partial charge in [-0.15, -0.1) is 0 Å². The van der Waals surface area contributed by atoms with Gasteiger partial charge in [0.25, 0.3) is 0 Å². The summed E-state index contributed by atoms with van der Waals surface area (Å²) in [6, 6.07) is 0.507. The molecule has 1 N–H and O–H groups in total. The lowest BCUT2D eigenvalue weighted by atomic mass is 9.88. The number of amides is 1. The van der Waals surface area contributed by atoms with Crippen molar-refractivity contribution in [1.82, 2.24) is 10.2 Å². The Morgan fingerprint density at radius 2 is 2.11 bits per heavy atom. The molecule has 0 aliphatic carbocycles. The summed E-state index contributed by atoms with van der Waals surface area (Å²) < 4.78 is 5.23. The molecule has 0 aromatic rings. The zero-order chi connectivity index (χ0) is 13.7. The first-order valence-corrected chi connectivity index (χ1v) is 7.75. The highest BCUT2D eigenvalue weighted by Gasteiger charge is 2.34. The van der Waals surface area contributed by atoms with Crippen molar-refractivity contribution < 1.29 is 9.53 Å². The number of piperidine rings is 1. The summed E-state index contributed by atoms with van der Waals surface area (Å²) in [5.74, 6) is 1.05. The topological polar surface area (TPSA) is 41.6 Å². The van der Waals surface area contributed by atoms with Crippen LogP contribution in [-0.2, 0) is 9.53 Å². The first-order chi connectivity index (χ1) is 9.22. The van der Waals surface area contributed by atoms with E-state index in [1.54, 1.807) is 7.11 Å². The van der Waals surface area contributed by atoms with E-state index in [1.165, 1.54) is 25.7 Å². The zero-order valence-corrected chi connectivity index (χ0v) is 12.4. The van der Waals surface area contributed by atoms with Gasteiger partial charge in [-0.25, -0.2) is 0 Å². The molecule has 110 valence electrons. The van der Waals surface area contributed by atoms with Crippen LogP contribution in [0.1, 0.15) is 45.4 Å². The second-order valence-corrected chi connectivity index (χ2v) is 5.97. The van der Waals surface area contributed by atoms with E-state index in [2.05, 4.69) is 10.2 Å². The molecule has 2 atom stereocenters. The van der Waals surface area contributed by atoms with Gasteiger partial charge in [0, 0.05) is 26.1 Å². The molecule has 4 heteroatoms. The SMILES string of the molecule is COC(C)CCC(=O)N1CCCC1C1CCNCC1. The third-order valence-electron chi connectivity index (χ3n) is 4.71. The van der Waals surface area contributed by atoms with E-state index in [0.717, 1.165) is 26.1 Å². The van der Waals surface area contributed by atoms with Gasteiger partial charge >= 0.3 is 0 Å². The maximum Gasteiger partial charge on any atom is 0.222 e. The maximum atomic E-state index is 12.4. The minimum Gasteiger partial charge on any atom is -0.382 e. The molecule has 0 bridgehead atoms. The van der Waals surface area contributed by atoms with Gasteiger partial charge in [0.1, 0.15) is 0 Å². The molecule has 2 saturated heterocycles. The summed E-state index contributed by atoms with van der Waals surface area (Å²) >= 11 is 0. The van der Waals surface area contributed by atoms with E-state index >= 15 is 0 Å². The smallest absolute Gasteiger partial charge is 0.222 e. The van der Waals surface area contributed by atoms with Gasteiger partial charge in [-0.2, -0.15) is 0 Å². The van der Waals surface area contributed by atoms with Crippen molar-refractivity contribution in [2.24, 2.45) is 5.92 Å². The number of likely N-dealkylation sites (tertiary alicyclic amines) is 1. The van der Waals surface area contributed by atoms with Gasteiger partial charge in [-0.3, -0.25) is 4.79 Å². The lowest BCUT2D eigenvalue weighted by Crippen LogP contribution is -2.43. The molecule has 0 spiro atoms. The standard InChI is InChI=1S/C15H28N2O2/c1-12(19-2)5-6-15(18)17-11-3-4-14(17)13-7-9-16-10-8-13/h12-14,16H,3-11H2,1-2H3. The van der Waals surface area contributed by atoms with Crippen molar-refractivity contribution in [3.8, 4) is 0 Å². The number of hydrogen-bond donors (Lipinski definition) is 1. The van der Waals surface area contributed by atoms with Crippen molar-refractivity contribution >= 4 is 5.91 Å². The van der Waals surface area contributed by atoms with Crippen LogP contribution in [0.25, 0.3) is 0 Å². The van der Waals surface area contributed by atoms with E-state index in [0.29, 0.717) is 24.3 Å². The fourth-order valence-electron chi connectivity index (χ4n) is 3.41. The average Bonchev–Trinajstić information content (AvgIpc) is 2.94. The Bertz CT molecular complexity index is 290. The molecule has 0 saturated carbocycles. The van der Waals surface area contributed by atoms with Crippen molar-refractivity contribution in [3.05, 3.63) is 0 Å². The van der Waals surface area contributed by atoms with Gasteiger partial charge in [0.2, 0.25) is 5.91 Å². The monoisotopic (exact) mass is 268 g/mol. The van der Waals surface area contributed by atoms with Gasteiger partial charge in [-0.05, 0) is 58.0 Å². The van der Waals surface area contributed by atoms with E-state index in [9.17, 15) is 4.79 Å².